The van der Waals surface area contributed by atoms with Gasteiger partial charge in [-0.3, -0.25) is 0 Å². The summed E-state index contributed by atoms with van der Waals surface area (Å²) in [5.74, 6) is -1.35. The van der Waals surface area contributed by atoms with Crippen molar-refractivity contribution in [2.75, 3.05) is 0 Å². The van der Waals surface area contributed by atoms with Crippen molar-refractivity contribution in [1.82, 2.24) is 0 Å². The van der Waals surface area contributed by atoms with E-state index in [0.29, 0.717) is 0 Å². The number of hydrogen-bond acceptors (Lipinski definition) is 2. The molecule has 0 bridgehead atoms. The van der Waals surface area contributed by atoms with E-state index in [9.17, 15) is 62.9 Å². The molecule has 0 aliphatic rings. The SMILES string of the molecule is C=C(C)C(C)c1cc(C(O)(C(F)(F)F)C(F)(F)F)cc(C(O)(C(F)(F)F)C(F)(F)F)c1. The van der Waals surface area contributed by atoms with Crippen LogP contribution in [0, 0.1) is 0 Å². The van der Waals surface area contributed by atoms with Gasteiger partial charge in [-0.25, -0.2) is 0 Å². The number of hydrogen-bond donors (Lipinski definition) is 2. The maximum atomic E-state index is 13.2. The van der Waals surface area contributed by atoms with Gasteiger partial charge in [0.2, 0.25) is 0 Å². The van der Waals surface area contributed by atoms with Gasteiger partial charge >= 0.3 is 24.7 Å². The molecule has 0 aromatic heterocycles. The predicted octanol–water partition coefficient (Wildman–Crippen LogP) is 5.99. The van der Waals surface area contributed by atoms with Gasteiger partial charge in [-0.2, -0.15) is 52.7 Å². The minimum atomic E-state index is -6.60. The first-order chi connectivity index (χ1) is 13.4. The molecule has 1 atom stereocenters. The summed E-state index contributed by atoms with van der Waals surface area (Å²) in [5.41, 5.74) is -17.4. The minimum Gasteiger partial charge on any atom is -0.369 e. The monoisotopic (exact) mass is 478 g/mol. The molecule has 0 amide bonds. The summed E-state index contributed by atoms with van der Waals surface area (Å²) < 4.78 is 158. The molecule has 1 rings (SSSR count). The van der Waals surface area contributed by atoms with E-state index < -0.39 is 64.6 Å². The van der Waals surface area contributed by atoms with Gasteiger partial charge in [0.05, 0.1) is 0 Å². The zero-order valence-corrected chi connectivity index (χ0v) is 15.4. The molecule has 178 valence electrons. The predicted molar refractivity (Wildman–Crippen MR) is 81.7 cm³/mol. The number of halogens is 12. The lowest BCUT2D eigenvalue weighted by atomic mass is 9.81. The maximum absolute atomic E-state index is 13.2. The van der Waals surface area contributed by atoms with Crippen molar-refractivity contribution in [3.63, 3.8) is 0 Å². The largest absolute Gasteiger partial charge is 0.430 e. The summed E-state index contributed by atoms with van der Waals surface area (Å²) in [6.07, 6.45) is -26.4. The highest BCUT2D eigenvalue weighted by Gasteiger charge is 2.74. The first-order valence-electron chi connectivity index (χ1n) is 7.96. The Morgan fingerprint density at radius 3 is 1.13 bits per heavy atom. The zero-order chi connectivity index (χ0) is 25.0. The molecular formula is C17H14F12O2. The third-order valence-corrected chi connectivity index (χ3v) is 4.67. The number of alkyl halides is 12. The molecule has 14 heteroatoms. The molecule has 0 fully saturated rings. The molecule has 0 aliphatic carbocycles. The molecule has 0 saturated heterocycles. The number of rotatable bonds is 4. The molecule has 1 aromatic rings. The van der Waals surface area contributed by atoms with Crippen LogP contribution in [0.15, 0.2) is 30.4 Å². The fourth-order valence-electron chi connectivity index (χ4n) is 2.58. The lowest BCUT2D eigenvalue weighted by Gasteiger charge is -2.36. The molecule has 0 aliphatic heterocycles. The molecule has 0 heterocycles. The van der Waals surface area contributed by atoms with Gasteiger partial charge in [0.25, 0.3) is 11.2 Å². The lowest BCUT2D eigenvalue weighted by Crippen LogP contribution is -2.56. The summed E-state index contributed by atoms with van der Waals surface area (Å²) >= 11 is 0. The van der Waals surface area contributed by atoms with Crippen molar-refractivity contribution in [3.8, 4) is 0 Å². The molecule has 2 nitrogen and oxygen atoms in total. The Bertz CT molecular complexity index is 745. The van der Waals surface area contributed by atoms with Gasteiger partial charge in [0.15, 0.2) is 0 Å². The molecule has 1 aromatic carbocycles. The quantitative estimate of drug-likeness (QED) is 0.413. The second kappa shape index (κ2) is 7.57. The third kappa shape index (κ3) is 4.36. The first-order valence-corrected chi connectivity index (χ1v) is 7.96. The van der Waals surface area contributed by atoms with Gasteiger partial charge in [-0.1, -0.05) is 31.2 Å². The molecule has 0 spiro atoms. The lowest BCUT2D eigenvalue weighted by molar-refractivity contribution is -0.378. The van der Waals surface area contributed by atoms with Crippen LogP contribution in [0.4, 0.5) is 52.7 Å². The van der Waals surface area contributed by atoms with Gasteiger partial charge in [0.1, 0.15) is 0 Å². The van der Waals surface area contributed by atoms with E-state index in [2.05, 4.69) is 6.58 Å². The van der Waals surface area contributed by atoms with Crippen LogP contribution in [0.2, 0.25) is 0 Å². The Balaban J connectivity index is 4.19. The Kier molecular flexibility index (Phi) is 6.61. The smallest absolute Gasteiger partial charge is 0.369 e. The van der Waals surface area contributed by atoms with Gasteiger partial charge in [-0.05, 0) is 18.6 Å². The number of benzene rings is 1. The van der Waals surface area contributed by atoms with Crippen molar-refractivity contribution >= 4 is 0 Å². The van der Waals surface area contributed by atoms with Crippen LogP contribution >= 0.6 is 0 Å². The highest BCUT2D eigenvalue weighted by molar-refractivity contribution is 5.42. The number of aliphatic hydroxyl groups is 2. The molecule has 0 radical (unpaired) electrons. The van der Waals surface area contributed by atoms with Gasteiger partial charge < -0.3 is 10.2 Å². The zero-order valence-electron chi connectivity index (χ0n) is 15.4. The van der Waals surface area contributed by atoms with E-state index in [1.165, 1.54) is 0 Å². The molecular weight excluding hydrogens is 464 g/mol. The van der Waals surface area contributed by atoms with Crippen LogP contribution in [0.25, 0.3) is 0 Å². The Labute approximate surface area is 166 Å². The summed E-state index contributed by atoms with van der Waals surface area (Å²) in [7, 11) is 0. The van der Waals surface area contributed by atoms with Crippen molar-refractivity contribution in [1.29, 1.82) is 0 Å². The van der Waals surface area contributed by atoms with E-state index in [0.717, 1.165) is 13.8 Å². The van der Waals surface area contributed by atoms with E-state index in [1.807, 2.05) is 0 Å². The van der Waals surface area contributed by atoms with E-state index in [1.54, 1.807) is 0 Å². The molecule has 0 saturated carbocycles. The van der Waals surface area contributed by atoms with E-state index in [4.69, 9.17) is 0 Å². The minimum absolute atomic E-state index is 0.0446. The maximum Gasteiger partial charge on any atom is 0.430 e. The highest BCUT2D eigenvalue weighted by atomic mass is 19.4. The summed E-state index contributed by atoms with van der Waals surface area (Å²) in [6.45, 7) is 5.47. The summed E-state index contributed by atoms with van der Waals surface area (Å²) in [4.78, 5) is 0. The van der Waals surface area contributed by atoms with Crippen LogP contribution in [0.5, 0.6) is 0 Å². The van der Waals surface area contributed by atoms with Crippen molar-refractivity contribution in [2.24, 2.45) is 0 Å². The Morgan fingerprint density at radius 1 is 0.677 bits per heavy atom. The average Bonchev–Trinajstić information content (AvgIpc) is 2.54. The van der Waals surface area contributed by atoms with E-state index >= 15 is 0 Å². The Hall–Kier alpha value is -1.96. The van der Waals surface area contributed by atoms with Crippen LogP contribution in [-0.2, 0) is 11.2 Å². The average molecular weight is 478 g/mol. The van der Waals surface area contributed by atoms with Crippen LogP contribution in [0.1, 0.15) is 36.5 Å². The van der Waals surface area contributed by atoms with Crippen LogP contribution in [0.3, 0.4) is 0 Å². The van der Waals surface area contributed by atoms with E-state index in [-0.39, 0.29) is 17.7 Å². The Morgan fingerprint density at radius 2 is 0.935 bits per heavy atom. The second-order valence-corrected chi connectivity index (χ2v) is 6.82. The van der Waals surface area contributed by atoms with Gasteiger partial charge in [-0.15, -0.1) is 0 Å². The third-order valence-electron chi connectivity index (χ3n) is 4.67. The molecule has 2 N–H and O–H groups in total. The summed E-state index contributed by atoms with van der Waals surface area (Å²) in [6, 6.07) is -0.912. The van der Waals surface area contributed by atoms with Crippen LogP contribution < -0.4 is 0 Å². The highest BCUT2D eigenvalue weighted by Crippen LogP contribution is 2.54. The first kappa shape index (κ1) is 27.1. The number of allylic oxidation sites excluding steroid dienone is 1. The van der Waals surface area contributed by atoms with Crippen molar-refractivity contribution in [2.45, 2.75) is 55.7 Å². The van der Waals surface area contributed by atoms with Crippen molar-refractivity contribution in [3.05, 3.63) is 47.0 Å². The van der Waals surface area contributed by atoms with Crippen molar-refractivity contribution < 1.29 is 62.9 Å². The second-order valence-electron chi connectivity index (χ2n) is 6.82. The standard InChI is InChI=1S/C17H14F12O2/c1-7(2)8(3)9-4-10(12(30,14(18,19)20)15(21,22)23)6-11(5-9)13(31,16(24,25)26)17(27,28)29/h4-6,8,30-31H,1H2,2-3H3. The molecule has 31 heavy (non-hydrogen) atoms. The molecule has 1 unspecified atom stereocenters. The van der Waals surface area contributed by atoms with Gasteiger partial charge in [0, 0.05) is 17.0 Å². The fourth-order valence-corrected chi connectivity index (χ4v) is 2.58. The normalized spacial score (nSPS) is 15.7. The summed E-state index contributed by atoms with van der Waals surface area (Å²) in [5, 5.41) is 19.0. The fraction of sp³-hybridized carbons (Fsp3) is 0.529. The topological polar surface area (TPSA) is 40.5 Å². The van der Waals surface area contributed by atoms with Crippen LogP contribution in [-0.4, -0.2) is 34.9 Å².